The monoisotopic (exact) mass is 180 g/mol. The van der Waals surface area contributed by atoms with Gasteiger partial charge in [-0.2, -0.15) is 0 Å². The van der Waals surface area contributed by atoms with Crippen LogP contribution in [0.5, 0.6) is 0 Å². The van der Waals surface area contributed by atoms with Crippen LogP contribution >= 0.6 is 23.2 Å². The summed E-state index contributed by atoms with van der Waals surface area (Å²) in [7, 11) is 0. The Morgan fingerprint density at radius 2 is 2.50 bits per heavy atom. The van der Waals surface area contributed by atoms with Crippen LogP contribution in [0.3, 0.4) is 0 Å². The lowest BCUT2D eigenvalue weighted by molar-refractivity contribution is 0.245. The number of nitrogens with zero attached hydrogens (tertiary/aromatic N) is 2. The molecule has 0 atom stereocenters. The number of alkyl halides is 1. The molecule has 1 aliphatic rings. The highest BCUT2D eigenvalue weighted by molar-refractivity contribution is 6.64. The number of hydrogen-bond donors (Lipinski definition) is 0. The molecule has 0 aromatic heterocycles. The second-order valence-corrected chi connectivity index (χ2v) is 2.43. The van der Waals surface area contributed by atoms with Gasteiger partial charge < -0.3 is 0 Å². The maximum Gasteiger partial charge on any atom is 0.321 e. The van der Waals surface area contributed by atoms with Gasteiger partial charge in [-0.1, -0.05) is 0 Å². The maximum absolute atomic E-state index is 10.6. The van der Waals surface area contributed by atoms with Gasteiger partial charge in [0.2, 0.25) is 0 Å². The minimum absolute atomic E-state index is 0.248. The number of halogens is 2. The number of amides is 1. The van der Waals surface area contributed by atoms with Crippen molar-refractivity contribution in [3.05, 3.63) is 0 Å². The molecule has 1 amide bonds. The smallest absolute Gasteiger partial charge is 0.284 e. The molecule has 0 aromatic carbocycles. The van der Waals surface area contributed by atoms with Crippen LogP contribution in [0.15, 0.2) is 4.99 Å². The predicted molar refractivity (Wildman–Crippen MR) is 41.0 cm³/mol. The zero-order valence-corrected chi connectivity index (χ0v) is 6.69. The number of carbonyl (C=O) groups is 1. The van der Waals surface area contributed by atoms with E-state index in [1.54, 1.807) is 0 Å². The topological polar surface area (TPSA) is 32.7 Å². The van der Waals surface area contributed by atoms with Crippen molar-refractivity contribution in [2.24, 2.45) is 4.99 Å². The molecule has 1 aliphatic heterocycles. The van der Waals surface area contributed by atoms with E-state index >= 15 is 0 Å². The molecule has 0 bridgehead atoms. The average Bonchev–Trinajstić information content (AvgIpc) is 2.33. The zero-order valence-electron chi connectivity index (χ0n) is 5.18. The van der Waals surface area contributed by atoms with Gasteiger partial charge in [-0.25, -0.2) is 0 Å². The molecule has 1 rings (SSSR count). The summed E-state index contributed by atoms with van der Waals surface area (Å²) in [6.45, 7) is 1.17. The molecule has 0 spiro atoms. The van der Waals surface area contributed by atoms with E-state index in [1.807, 2.05) is 0 Å². The largest absolute Gasteiger partial charge is 0.321 e. The molecule has 0 N–H and O–H groups in total. The zero-order chi connectivity index (χ0) is 7.56. The van der Waals surface area contributed by atoms with Crippen molar-refractivity contribution in [3.63, 3.8) is 0 Å². The fraction of sp³-hybridized carbons (Fsp3) is 0.600. The standard InChI is InChI=1S/C5H6Cl2N2O/c6-3-4-8-1-2-9(4)5(7)10/h1-3H2. The van der Waals surface area contributed by atoms with Crippen molar-refractivity contribution in [2.45, 2.75) is 0 Å². The van der Waals surface area contributed by atoms with Crippen LogP contribution in [0.2, 0.25) is 0 Å². The first-order valence-corrected chi connectivity index (χ1v) is 3.73. The van der Waals surface area contributed by atoms with Crippen LogP contribution in [-0.2, 0) is 0 Å². The summed E-state index contributed by atoms with van der Waals surface area (Å²) >= 11 is 10.7. The number of rotatable bonds is 1. The maximum atomic E-state index is 10.6. The van der Waals surface area contributed by atoms with E-state index in [0.29, 0.717) is 18.9 Å². The Bertz CT molecular complexity index is 180. The van der Waals surface area contributed by atoms with Gasteiger partial charge in [-0.15, -0.1) is 11.6 Å². The SMILES string of the molecule is O=C(Cl)N1CCN=C1CCl. The Morgan fingerprint density at radius 3 is 2.90 bits per heavy atom. The molecule has 0 fully saturated rings. The number of carbonyl (C=O) groups excluding carboxylic acids is 1. The Kier molecular flexibility index (Phi) is 2.51. The third-order valence-corrected chi connectivity index (χ3v) is 1.70. The average molecular weight is 181 g/mol. The Hall–Kier alpha value is -0.280. The number of aliphatic imine (C=N–C) groups is 1. The molecule has 1 heterocycles. The lowest BCUT2D eigenvalue weighted by Crippen LogP contribution is -2.30. The van der Waals surface area contributed by atoms with Crippen LogP contribution in [0.1, 0.15) is 0 Å². The van der Waals surface area contributed by atoms with E-state index in [4.69, 9.17) is 23.2 Å². The molecule has 10 heavy (non-hydrogen) atoms. The quantitative estimate of drug-likeness (QED) is 0.341. The Morgan fingerprint density at radius 1 is 1.80 bits per heavy atom. The molecule has 0 aromatic rings. The first kappa shape index (κ1) is 7.82. The highest BCUT2D eigenvalue weighted by atomic mass is 35.5. The minimum Gasteiger partial charge on any atom is -0.284 e. The summed E-state index contributed by atoms with van der Waals surface area (Å²) in [5.41, 5.74) is 0. The molecular weight excluding hydrogens is 175 g/mol. The summed E-state index contributed by atoms with van der Waals surface area (Å²) in [4.78, 5) is 15.9. The molecule has 0 saturated heterocycles. The van der Waals surface area contributed by atoms with Gasteiger partial charge in [0.25, 0.3) is 0 Å². The van der Waals surface area contributed by atoms with Gasteiger partial charge in [0.05, 0.1) is 12.4 Å². The van der Waals surface area contributed by atoms with E-state index in [9.17, 15) is 4.79 Å². The third kappa shape index (κ3) is 1.41. The predicted octanol–water partition coefficient (Wildman–Crippen LogP) is 1.30. The summed E-state index contributed by atoms with van der Waals surface area (Å²) in [6, 6.07) is 0. The minimum atomic E-state index is -0.503. The van der Waals surface area contributed by atoms with Crippen LogP contribution in [0.4, 0.5) is 4.79 Å². The van der Waals surface area contributed by atoms with Crippen molar-refractivity contribution >= 4 is 34.4 Å². The molecule has 0 unspecified atom stereocenters. The van der Waals surface area contributed by atoms with Gasteiger partial charge in [0, 0.05) is 6.54 Å². The molecule has 5 heteroatoms. The summed E-state index contributed by atoms with van der Waals surface area (Å²) < 4.78 is 0. The third-order valence-electron chi connectivity index (χ3n) is 1.26. The fourth-order valence-corrected chi connectivity index (χ4v) is 1.21. The second-order valence-electron chi connectivity index (χ2n) is 1.84. The van der Waals surface area contributed by atoms with E-state index in [0.717, 1.165) is 0 Å². The van der Waals surface area contributed by atoms with Gasteiger partial charge in [0.15, 0.2) is 0 Å². The first-order chi connectivity index (χ1) is 4.75. The lowest BCUT2D eigenvalue weighted by Gasteiger charge is -2.11. The Labute approximate surface area is 68.6 Å². The second kappa shape index (κ2) is 3.21. The van der Waals surface area contributed by atoms with Crippen LogP contribution in [0.25, 0.3) is 0 Å². The lowest BCUT2D eigenvalue weighted by atomic mass is 10.6. The van der Waals surface area contributed by atoms with Gasteiger partial charge >= 0.3 is 5.37 Å². The van der Waals surface area contributed by atoms with Crippen molar-refractivity contribution in [1.29, 1.82) is 0 Å². The summed E-state index contributed by atoms with van der Waals surface area (Å²) in [6.07, 6.45) is 0. The highest BCUT2D eigenvalue weighted by Gasteiger charge is 2.20. The molecule has 0 saturated carbocycles. The Balaban J connectivity index is 2.63. The van der Waals surface area contributed by atoms with Crippen LogP contribution in [-0.4, -0.2) is 35.1 Å². The number of hydrogen-bond acceptors (Lipinski definition) is 2. The van der Waals surface area contributed by atoms with Gasteiger partial charge in [-0.3, -0.25) is 14.7 Å². The van der Waals surface area contributed by atoms with Crippen LogP contribution in [0, 0.1) is 0 Å². The molecule has 0 radical (unpaired) electrons. The van der Waals surface area contributed by atoms with Crippen molar-refractivity contribution in [2.75, 3.05) is 19.0 Å². The molecule has 0 aliphatic carbocycles. The van der Waals surface area contributed by atoms with Crippen molar-refractivity contribution in [1.82, 2.24) is 4.90 Å². The van der Waals surface area contributed by atoms with Gasteiger partial charge in [-0.05, 0) is 11.6 Å². The van der Waals surface area contributed by atoms with Crippen molar-refractivity contribution < 1.29 is 4.79 Å². The van der Waals surface area contributed by atoms with Crippen molar-refractivity contribution in [3.8, 4) is 0 Å². The molecule has 3 nitrogen and oxygen atoms in total. The van der Waals surface area contributed by atoms with Crippen LogP contribution < -0.4 is 0 Å². The van der Waals surface area contributed by atoms with Gasteiger partial charge in [0.1, 0.15) is 5.84 Å². The van der Waals surface area contributed by atoms with E-state index in [1.165, 1.54) is 4.90 Å². The molecular formula is C5H6Cl2N2O. The summed E-state index contributed by atoms with van der Waals surface area (Å²) in [5.74, 6) is 0.819. The molecule has 56 valence electrons. The normalized spacial score (nSPS) is 17.4. The first-order valence-electron chi connectivity index (χ1n) is 2.82. The summed E-state index contributed by atoms with van der Waals surface area (Å²) in [5, 5.41) is -0.503. The van der Waals surface area contributed by atoms with E-state index in [-0.39, 0.29) is 5.88 Å². The van der Waals surface area contributed by atoms with E-state index < -0.39 is 5.37 Å². The fourth-order valence-electron chi connectivity index (χ4n) is 0.797. The number of amidine groups is 1. The highest BCUT2D eigenvalue weighted by Crippen LogP contribution is 2.06. The van der Waals surface area contributed by atoms with E-state index in [2.05, 4.69) is 4.99 Å².